The molecule has 1 atom stereocenters. The lowest BCUT2D eigenvalue weighted by molar-refractivity contribution is -0.0712. The van der Waals surface area contributed by atoms with Gasteiger partial charge in [0.05, 0.1) is 41.0 Å². The Bertz CT molecular complexity index is 1770. The van der Waals surface area contributed by atoms with E-state index in [1.54, 1.807) is 31.5 Å². The van der Waals surface area contributed by atoms with Crippen LogP contribution in [0.3, 0.4) is 0 Å². The number of imidazole rings is 1. The summed E-state index contributed by atoms with van der Waals surface area (Å²) >= 11 is 0. The summed E-state index contributed by atoms with van der Waals surface area (Å²) in [6, 6.07) is 20.4. The molecule has 4 heterocycles. The van der Waals surface area contributed by atoms with Gasteiger partial charge in [0.2, 0.25) is 5.89 Å². The first-order chi connectivity index (χ1) is 20.0. The fourth-order valence-corrected chi connectivity index (χ4v) is 6.02. The van der Waals surface area contributed by atoms with Crippen molar-refractivity contribution in [1.82, 2.24) is 19.4 Å². The number of nitriles is 1. The third kappa shape index (κ3) is 4.60. The summed E-state index contributed by atoms with van der Waals surface area (Å²) in [5.41, 5.74) is 3.63. The second kappa shape index (κ2) is 10.1. The van der Waals surface area contributed by atoms with Crippen LogP contribution in [0.25, 0.3) is 11.0 Å². The molecule has 5 aromatic rings. The van der Waals surface area contributed by atoms with Crippen molar-refractivity contribution in [2.45, 2.75) is 44.6 Å². The summed E-state index contributed by atoms with van der Waals surface area (Å²) in [5, 5.41) is 9.11. The SMILES string of the molecule is CC1(c2ccc(C#N)cc2F)Oc2cccc(C3CCN(Cc4nc5ccccc5n4Cc4ncco4)CC3)c2O1. The van der Waals surface area contributed by atoms with Gasteiger partial charge < -0.3 is 18.5 Å². The van der Waals surface area contributed by atoms with Gasteiger partial charge in [0.15, 0.2) is 11.5 Å². The lowest BCUT2D eigenvalue weighted by atomic mass is 9.88. The molecule has 0 saturated carbocycles. The van der Waals surface area contributed by atoms with E-state index < -0.39 is 11.6 Å². The summed E-state index contributed by atoms with van der Waals surface area (Å²) in [5.74, 6) is 1.37. The highest BCUT2D eigenvalue weighted by molar-refractivity contribution is 5.76. The third-order valence-corrected chi connectivity index (χ3v) is 8.10. The van der Waals surface area contributed by atoms with E-state index in [1.807, 2.05) is 36.4 Å². The van der Waals surface area contributed by atoms with Crippen molar-refractivity contribution in [2.24, 2.45) is 0 Å². The number of ether oxygens (including phenoxy) is 2. The Labute approximate surface area is 236 Å². The lowest BCUT2D eigenvalue weighted by Gasteiger charge is -2.32. The number of piperidine rings is 1. The maximum atomic E-state index is 14.9. The summed E-state index contributed by atoms with van der Waals surface area (Å²) in [4.78, 5) is 11.7. The van der Waals surface area contributed by atoms with E-state index in [4.69, 9.17) is 24.1 Å². The maximum absolute atomic E-state index is 14.9. The van der Waals surface area contributed by atoms with Crippen LogP contribution in [-0.4, -0.2) is 32.5 Å². The van der Waals surface area contributed by atoms with Gasteiger partial charge in [-0.1, -0.05) is 24.3 Å². The highest BCUT2D eigenvalue weighted by Crippen LogP contribution is 2.49. The molecule has 41 heavy (non-hydrogen) atoms. The van der Waals surface area contributed by atoms with Crippen LogP contribution in [0.1, 0.15) is 54.1 Å². The van der Waals surface area contributed by atoms with Gasteiger partial charge in [0, 0.05) is 12.5 Å². The molecule has 8 nitrogen and oxygen atoms in total. The standard InChI is InChI=1S/C32H28FN5O3/c1-32(24-10-9-21(18-34)17-25(24)33)40-28-8-4-5-23(31(28)41-32)22-11-14-37(15-12-22)19-29-36-26-6-2-3-7-27(26)38(29)20-30-35-13-16-39-30/h2-10,13,16-17,22H,11-12,14-15,19-20H2,1H3. The molecule has 0 radical (unpaired) electrons. The molecule has 7 rings (SSSR count). The summed E-state index contributed by atoms with van der Waals surface area (Å²) in [7, 11) is 0. The van der Waals surface area contributed by atoms with Crippen molar-refractivity contribution >= 4 is 11.0 Å². The first kappa shape index (κ1) is 25.3. The minimum atomic E-state index is -1.31. The van der Waals surface area contributed by atoms with Gasteiger partial charge in [-0.15, -0.1) is 0 Å². The Morgan fingerprint density at radius 2 is 1.90 bits per heavy atom. The maximum Gasteiger partial charge on any atom is 0.278 e. The molecule has 2 aliphatic rings. The van der Waals surface area contributed by atoms with Gasteiger partial charge in [0.1, 0.15) is 24.4 Å². The Balaban J connectivity index is 1.08. The van der Waals surface area contributed by atoms with Crippen LogP contribution in [0.5, 0.6) is 11.5 Å². The number of hydrogen-bond acceptors (Lipinski definition) is 7. The molecule has 1 fully saturated rings. The predicted molar refractivity (Wildman–Crippen MR) is 149 cm³/mol. The first-order valence-electron chi connectivity index (χ1n) is 13.8. The lowest BCUT2D eigenvalue weighted by Crippen LogP contribution is -2.34. The molecule has 0 amide bonds. The van der Waals surface area contributed by atoms with Gasteiger partial charge in [-0.3, -0.25) is 4.90 Å². The smallest absolute Gasteiger partial charge is 0.278 e. The Kier molecular flexibility index (Phi) is 6.20. The van der Waals surface area contributed by atoms with Gasteiger partial charge >= 0.3 is 0 Å². The first-order valence-corrected chi connectivity index (χ1v) is 13.8. The van der Waals surface area contributed by atoms with Crippen LogP contribution >= 0.6 is 0 Å². The number of benzene rings is 3. The Morgan fingerprint density at radius 1 is 1.05 bits per heavy atom. The molecular weight excluding hydrogens is 521 g/mol. The molecule has 9 heteroatoms. The molecule has 1 saturated heterocycles. The topological polar surface area (TPSA) is 89.3 Å². The second-order valence-electron chi connectivity index (χ2n) is 10.7. The molecule has 0 aliphatic carbocycles. The molecule has 0 N–H and O–H groups in total. The number of hydrogen-bond donors (Lipinski definition) is 0. The fourth-order valence-electron chi connectivity index (χ4n) is 6.02. The van der Waals surface area contributed by atoms with Gasteiger partial charge in [0.25, 0.3) is 5.79 Å². The van der Waals surface area contributed by atoms with Crippen molar-refractivity contribution < 1.29 is 18.3 Å². The third-order valence-electron chi connectivity index (χ3n) is 8.10. The van der Waals surface area contributed by atoms with E-state index in [9.17, 15) is 4.39 Å². The van der Waals surface area contributed by atoms with Crippen LogP contribution in [0.2, 0.25) is 0 Å². The minimum absolute atomic E-state index is 0.256. The van der Waals surface area contributed by atoms with Crippen molar-refractivity contribution in [3.63, 3.8) is 0 Å². The van der Waals surface area contributed by atoms with Crippen molar-refractivity contribution in [1.29, 1.82) is 5.26 Å². The van der Waals surface area contributed by atoms with Crippen molar-refractivity contribution in [2.75, 3.05) is 13.1 Å². The number of para-hydroxylation sites is 3. The van der Waals surface area contributed by atoms with Crippen molar-refractivity contribution in [3.05, 3.63) is 107 Å². The zero-order chi connectivity index (χ0) is 28.0. The van der Waals surface area contributed by atoms with E-state index >= 15 is 0 Å². The largest absolute Gasteiger partial charge is 0.447 e. The monoisotopic (exact) mass is 549 g/mol. The average molecular weight is 550 g/mol. The van der Waals surface area contributed by atoms with Crippen LogP contribution in [0.4, 0.5) is 4.39 Å². The molecule has 3 aromatic carbocycles. The normalized spacial score (nSPS) is 19.0. The van der Waals surface area contributed by atoms with Crippen LogP contribution in [-0.2, 0) is 18.9 Å². The summed E-state index contributed by atoms with van der Waals surface area (Å²) in [6.45, 7) is 4.78. The molecule has 2 aliphatic heterocycles. The van der Waals surface area contributed by atoms with Crippen LogP contribution in [0, 0.1) is 17.1 Å². The highest BCUT2D eigenvalue weighted by atomic mass is 19.1. The van der Waals surface area contributed by atoms with E-state index in [0.29, 0.717) is 23.9 Å². The molecule has 206 valence electrons. The number of aromatic nitrogens is 3. The summed E-state index contributed by atoms with van der Waals surface area (Å²) in [6.07, 6.45) is 5.15. The number of rotatable bonds is 6. The van der Waals surface area contributed by atoms with E-state index in [1.165, 1.54) is 6.07 Å². The van der Waals surface area contributed by atoms with Crippen molar-refractivity contribution in [3.8, 4) is 17.6 Å². The summed E-state index contributed by atoms with van der Waals surface area (Å²) < 4.78 is 35.1. The quantitative estimate of drug-likeness (QED) is 0.253. The number of likely N-dealkylation sites (tertiary alicyclic amines) is 1. The number of oxazole rings is 1. The molecule has 1 unspecified atom stereocenters. The van der Waals surface area contributed by atoms with Crippen LogP contribution in [0.15, 0.2) is 77.5 Å². The molecule has 0 bridgehead atoms. The highest BCUT2D eigenvalue weighted by Gasteiger charge is 2.43. The van der Waals surface area contributed by atoms with Gasteiger partial charge in [-0.25, -0.2) is 14.4 Å². The molecular formula is C32H28FN5O3. The van der Waals surface area contributed by atoms with Crippen LogP contribution < -0.4 is 9.47 Å². The number of fused-ring (bicyclic) bond motifs is 2. The number of nitrogens with zero attached hydrogens (tertiary/aromatic N) is 5. The average Bonchev–Trinajstić information content (AvgIpc) is 3.71. The Hall–Kier alpha value is -4.68. The zero-order valence-corrected chi connectivity index (χ0v) is 22.6. The minimum Gasteiger partial charge on any atom is -0.447 e. The predicted octanol–water partition coefficient (Wildman–Crippen LogP) is 6.11. The molecule has 2 aromatic heterocycles. The number of halogens is 1. The van der Waals surface area contributed by atoms with E-state index in [-0.39, 0.29) is 17.0 Å². The second-order valence-corrected chi connectivity index (χ2v) is 10.7. The fraction of sp³-hybridized carbons (Fsp3) is 0.281. The zero-order valence-electron chi connectivity index (χ0n) is 22.6. The van der Waals surface area contributed by atoms with Gasteiger partial charge in [-0.2, -0.15) is 5.26 Å². The molecule has 0 spiro atoms. The Morgan fingerprint density at radius 3 is 2.68 bits per heavy atom. The van der Waals surface area contributed by atoms with E-state index in [2.05, 4.69) is 26.6 Å². The van der Waals surface area contributed by atoms with Gasteiger partial charge in [-0.05, 0) is 68.2 Å². The van der Waals surface area contributed by atoms with E-state index in [0.717, 1.165) is 54.9 Å².